The Balaban J connectivity index is 1.75. The van der Waals surface area contributed by atoms with E-state index in [0.29, 0.717) is 17.8 Å². The average Bonchev–Trinajstić information content (AvgIpc) is 3.10. The highest BCUT2D eigenvalue weighted by atomic mass is 16.6. The first-order valence-corrected chi connectivity index (χ1v) is 10.6. The van der Waals surface area contributed by atoms with Crippen LogP contribution in [0.1, 0.15) is 48.9 Å². The average molecular weight is 437 g/mol. The van der Waals surface area contributed by atoms with Crippen molar-refractivity contribution < 1.29 is 28.6 Å². The smallest absolute Gasteiger partial charge is 0.337 e. The highest BCUT2D eigenvalue weighted by molar-refractivity contribution is 5.94. The molecule has 32 heavy (non-hydrogen) atoms. The van der Waals surface area contributed by atoms with Crippen LogP contribution in [-0.4, -0.2) is 30.9 Å². The molecule has 2 aromatic rings. The maximum absolute atomic E-state index is 12.8. The summed E-state index contributed by atoms with van der Waals surface area (Å²) in [4.78, 5) is 35.2. The molecule has 3 rings (SSSR count). The Morgan fingerprint density at radius 1 is 0.844 bits per heavy atom. The zero-order valence-electron chi connectivity index (χ0n) is 18.9. The second kappa shape index (κ2) is 9.81. The number of ketones is 1. The van der Waals surface area contributed by atoms with Crippen molar-refractivity contribution in [2.75, 3.05) is 13.2 Å². The molecule has 1 aliphatic rings. The number of esters is 2. The van der Waals surface area contributed by atoms with Crippen molar-refractivity contribution in [1.29, 1.82) is 0 Å². The number of aryl methyl sites for hydroxylation is 2. The van der Waals surface area contributed by atoms with Crippen molar-refractivity contribution in [3.05, 3.63) is 82.1 Å². The van der Waals surface area contributed by atoms with Gasteiger partial charge in [0.25, 0.3) is 0 Å². The fraction of sp³-hybridized carbons (Fsp3) is 0.346. The van der Waals surface area contributed by atoms with Gasteiger partial charge in [0.05, 0.1) is 5.57 Å². The zero-order chi connectivity index (χ0) is 23.3. The summed E-state index contributed by atoms with van der Waals surface area (Å²) < 4.78 is 16.6. The molecule has 0 saturated carbocycles. The Kier molecular flexibility index (Phi) is 7.13. The third-order valence-electron chi connectivity index (χ3n) is 5.43. The molecule has 0 unspecified atom stereocenters. The summed E-state index contributed by atoms with van der Waals surface area (Å²) in [5.41, 5.74) is 3.79. The van der Waals surface area contributed by atoms with Crippen LogP contribution < -0.4 is 0 Å². The number of allylic oxidation sites excluding steroid dienone is 1. The minimum atomic E-state index is -0.826. The van der Waals surface area contributed by atoms with Crippen molar-refractivity contribution >= 4 is 17.7 Å². The fourth-order valence-electron chi connectivity index (χ4n) is 3.71. The van der Waals surface area contributed by atoms with Crippen LogP contribution in [0.25, 0.3) is 0 Å². The van der Waals surface area contributed by atoms with Gasteiger partial charge >= 0.3 is 11.9 Å². The summed E-state index contributed by atoms with van der Waals surface area (Å²) in [6.07, 6.45) is 0.0373. The second-order valence-corrected chi connectivity index (χ2v) is 8.11. The lowest BCUT2D eigenvalue weighted by molar-refractivity contribution is -0.151. The van der Waals surface area contributed by atoms with E-state index in [1.165, 1.54) is 6.92 Å². The fourth-order valence-corrected chi connectivity index (χ4v) is 3.71. The first-order valence-electron chi connectivity index (χ1n) is 10.6. The molecule has 0 spiro atoms. The van der Waals surface area contributed by atoms with E-state index in [0.717, 1.165) is 22.3 Å². The van der Waals surface area contributed by atoms with Gasteiger partial charge in [-0.2, -0.15) is 0 Å². The predicted molar refractivity (Wildman–Crippen MR) is 119 cm³/mol. The number of carbonyl (C=O) groups excluding carboxylic acids is 3. The third kappa shape index (κ3) is 5.25. The molecule has 0 aliphatic carbocycles. The van der Waals surface area contributed by atoms with Crippen molar-refractivity contribution in [2.24, 2.45) is 0 Å². The number of hydrogen-bond donors (Lipinski definition) is 0. The monoisotopic (exact) mass is 436 g/mol. The van der Waals surface area contributed by atoms with Crippen LogP contribution in [0.5, 0.6) is 0 Å². The summed E-state index contributed by atoms with van der Waals surface area (Å²) in [5.74, 6) is -0.915. The van der Waals surface area contributed by atoms with Gasteiger partial charge in [0.15, 0.2) is 5.60 Å². The zero-order valence-corrected chi connectivity index (χ0v) is 18.9. The Hall–Kier alpha value is -3.41. The van der Waals surface area contributed by atoms with Gasteiger partial charge in [0, 0.05) is 17.5 Å². The van der Waals surface area contributed by atoms with Gasteiger partial charge in [-0.3, -0.25) is 9.59 Å². The van der Waals surface area contributed by atoms with Crippen LogP contribution in [0.3, 0.4) is 0 Å². The molecule has 1 aliphatic heterocycles. The first kappa shape index (κ1) is 23.3. The summed E-state index contributed by atoms with van der Waals surface area (Å²) >= 11 is 0. The van der Waals surface area contributed by atoms with E-state index in [-0.39, 0.29) is 25.4 Å². The van der Waals surface area contributed by atoms with Crippen LogP contribution in [0.2, 0.25) is 0 Å². The Morgan fingerprint density at radius 2 is 1.34 bits per heavy atom. The minimum Gasteiger partial charge on any atom is -0.482 e. The molecular weight excluding hydrogens is 408 g/mol. The van der Waals surface area contributed by atoms with Crippen molar-refractivity contribution in [1.82, 2.24) is 0 Å². The van der Waals surface area contributed by atoms with Crippen LogP contribution in [0.15, 0.2) is 59.9 Å². The van der Waals surface area contributed by atoms with E-state index in [1.54, 1.807) is 6.92 Å². The molecule has 0 radical (unpaired) electrons. The van der Waals surface area contributed by atoms with Crippen LogP contribution in [0, 0.1) is 13.8 Å². The molecule has 0 saturated heterocycles. The number of carbonyl (C=O) groups is 3. The maximum atomic E-state index is 12.8. The highest BCUT2D eigenvalue weighted by Crippen LogP contribution is 2.47. The quantitative estimate of drug-likeness (QED) is 0.349. The molecule has 1 heterocycles. The second-order valence-electron chi connectivity index (χ2n) is 8.11. The van der Waals surface area contributed by atoms with E-state index >= 15 is 0 Å². The molecular formula is C26H28O6. The summed E-state index contributed by atoms with van der Waals surface area (Å²) in [6.45, 7) is 6.91. The molecule has 0 bridgehead atoms. The number of benzene rings is 2. The predicted octanol–water partition coefficient (Wildman–Crippen LogP) is 4.31. The molecule has 6 nitrogen and oxygen atoms in total. The largest absolute Gasteiger partial charge is 0.482 e. The molecule has 0 amide bonds. The van der Waals surface area contributed by atoms with E-state index < -0.39 is 17.5 Å². The van der Waals surface area contributed by atoms with E-state index in [1.807, 2.05) is 62.4 Å². The summed E-state index contributed by atoms with van der Waals surface area (Å²) in [6, 6.07) is 16.2. The Morgan fingerprint density at radius 3 is 1.84 bits per heavy atom. The topological polar surface area (TPSA) is 78.9 Å². The molecule has 0 atom stereocenters. The van der Waals surface area contributed by atoms with Crippen LogP contribution >= 0.6 is 0 Å². The Labute approximate surface area is 188 Å². The normalized spacial score (nSPS) is 14.6. The lowest BCUT2D eigenvalue weighted by Gasteiger charge is -2.31. The van der Waals surface area contributed by atoms with Gasteiger partial charge < -0.3 is 14.2 Å². The summed E-state index contributed by atoms with van der Waals surface area (Å²) in [7, 11) is 0. The SMILES string of the molecule is CC(=O)CC(=O)OCCOC(=O)C1=C(C)OC(c2ccc(C)cc2)(c2ccc(C)cc2)C1. The van der Waals surface area contributed by atoms with Crippen LogP contribution in [0.4, 0.5) is 0 Å². The Bertz CT molecular complexity index is 985. The first-order chi connectivity index (χ1) is 15.2. The molecule has 0 aromatic heterocycles. The standard InChI is InChI=1S/C26H28O6/c1-17-5-9-21(10-6-17)26(22-11-7-18(2)8-12-22)16-23(20(4)32-26)25(29)31-14-13-30-24(28)15-19(3)27/h5-12H,13-16H2,1-4H3. The van der Waals surface area contributed by atoms with Crippen molar-refractivity contribution in [3.8, 4) is 0 Å². The van der Waals surface area contributed by atoms with Gasteiger partial charge in [0.1, 0.15) is 31.2 Å². The van der Waals surface area contributed by atoms with Gasteiger partial charge in [-0.15, -0.1) is 0 Å². The van der Waals surface area contributed by atoms with E-state index in [4.69, 9.17) is 14.2 Å². The minimum absolute atomic E-state index is 0.0959. The molecule has 168 valence electrons. The highest BCUT2D eigenvalue weighted by Gasteiger charge is 2.45. The van der Waals surface area contributed by atoms with E-state index in [2.05, 4.69) is 0 Å². The number of rotatable bonds is 8. The van der Waals surface area contributed by atoms with Crippen molar-refractivity contribution in [3.63, 3.8) is 0 Å². The lowest BCUT2D eigenvalue weighted by atomic mass is 9.82. The van der Waals surface area contributed by atoms with Gasteiger partial charge in [0.2, 0.25) is 0 Å². The third-order valence-corrected chi connectivity index (χ3v) is 5.43. The van der Waals surface area contributed by atoms with Crippen LogP contribution in [-0.2, 0) is 34.2 Å². The van der Waals surface area contributed by atoms with E-state index in [9.17, 15) is 14.4 Å². The molecule has 0 fully saturated rings. The number of Topliss-reactive ketones (excluding diaryl/α,β-unsaturated/α-hetero) is 1. The molecule has 6 heteroatoms. The maximum Gasteiger partial charge on any atom is 0.337 e. The lowest BCUT2D eigenvalue weighted by Crippen LogP contribution is -2.28. The van der Waals surface area contributed by atoms with Gasteiger partial charge in [-0.25, -0.2) is 4.79 Å². The van der Waals surface area contributed by atoms with Crippen molar-refractivity contribution in [2.45, 2.75) is 46.1 Å². The molecule has 2 aromatic carbocycles. The number of ether oxygens (including phenoxy) is 3. The number of hydrogen-bond acceptors (Lipinski definition) is 6. The van der Waals surface area contributed by atoms with Gasteiger partial charge in [-0.1, -0.05) is 59.7 Å². The van der Waals surface area contributed by atoms with Gasteiger partial charge in [-0.05, 0) is 27.7 Å². The summed E-state index contributed by atoms with van der Waals surface area (Å²) in [5, 5.41) is 0. The molecule has 0 N–H and O–H groups in total.